The first kappa shape index (κ1) is 12.7. The van der Waals surface area contributed by atoms with Crippen molar-refractivity contribution >= 4 is 17.3 Å². The highest BCUT2D eigenvalue weighted by Crippen LogP contribution is 2.28. The van der Waals surface area contributed by atoms with Gasteiger partial charge in [0, 0.05) is 0 Å². The highest BCUT2D eigenvalue weighted by Gasteiger charge is 2.25. The van der Waals surface area contributed by atoms with Crippen LogP contribution in [0.3, 0.4) is 0 Å². The lowest BCUT2D eigenvalue weighted by atomic mass is 10.0. The predicted molar refractivity (Wildman–Crippen MR) is 77.2 cm³/mol. The second-order valence-electron chi connectivity index (χ2n) is 4.90. The third-order valence-electron chi connectivity index (χ3n) is 3.45. The molecule has 1 aliphatic heterocycles. The summed E-state index contributed by atoms with van der Waals surface area (Å²) < 4.78 is 13.2. The van der Waals surface area contributed by atoms with Crippen LogP contribution in [0.1, 0.15) is 12.0 Å². The molecule has 0 saturated carbocycles. The van der Waals surface area contributed by atoms with E-state index >= 15 is 0 Å². The number of hydrogen-bond donors (Lipinski definition) is 2. The molecule has 2 aromatic rings. The minimum atomic E-state index is -0.329. The van der Waals surface area contributed by atoms with Gasteiger partial charge in [-0.2, -0.15) is 0 Å². The number of amides is 1. The summed E-state index contributed by atoms with van der Waals surface area (Å²) in [6.07, 6.45) is 1.47. The number of nitrogens with one attached hydrogen (secondary N) is 2. The predicted octanol–water partition coefficient (Wildman–Crippen LogP) is 3.19. The second kappa shape index (κ2) is 5.33. The van der Waals surface area contributed by atoms with E-state index in [-0.39, 0.29) is 17.8 Å². The summed E-state index contributed by atoms with van der Waals surface area (Å²) >= 11 is 0. The maximum Gasteiger partial charge on any atom is 0.246 e. The molecule has 2 aromatic carbocycles. The average molecular weight is 270 g/mol. The molecule has 1 unspecified atom stereocenters. The molecule has 3 nitrogen and oxygen atoms in total. The highest BCUT2D eigenvalue weighted by molar-refractivity contribution is 6.02. The number of benzene rings is 2. The molecule has 0 bridgehead atoms. The van der Waals surface area contributed by atoms with Crippen molar-refractivity contribution in [2.24, 2.45) is 0 Å². The van der Waals surface area contributed by atoms with Crippen molar-refractivity contribution in [3.8, 4) is 0 Å². The summed E-state index contributed by atoms with van der Waals surface area (Å²) in [6.45, 7) is 0. The Morgan fingerprint density at radius 3 is 2.65 bits per heavy atom. The Balaban J connectivity index is 1.70. The smallest absolute Gasteiger partial charge is 0.246 e. The van der Waals surface area contributed by atoms with Gasteiger partial charge in [0.05, 0.1) is 11.4 Å². The topological polar surface area (TPSA) is 41.1 Å². The van der Waals surface area contributed by atoms with Crippen molar-refractivity contribution in [2.45, 2.75) is 18.9 Å². The van der Waals surface area contributed by atoms with Crippen molar-refractivity contribution < 1.29 is 9.18 Å². The number of rotatable bonds is 3. The van der Waals surface area contributed by atoms with Gasteiger partial charge in [0.1, 0.15) is 11.9 Å². The van der Waals surface area contributed by atoms with Crippen LogP contribution in [-0.2, 0) is 11.2 Å². The Labute approximate surface area is 116 Å². The summed E-state index contributed by atoms with van der Waals surface area (Å²) in [6, 6.07) is 14.0. The van der Waals surface area contributed by atoms with Crippen LogP contribution in [0.5, 0.6) is 0 Å². The molecular weight excluding hydrogens is 255 g/mol. The maximum atomic E-state index is 13.2. The Kier molecular flexibility index (Phi) is 3.37. The number of anilines is 2. The van der Waals surface area contributed by atoms with Crippen LogP contribution in [0, 0.1) is 5.82 Å². The van der Waals surface area contributed by atoms with E-state index in [1.54, 1.807) is 6.07 Å². The molecule has 1 amide bonds. The molecule has 102 valence electrons. The summed E-state index contributed by atoms with van der Waals surface area (Å²) in [4.78, 5) is 12.0. The highest BCUT2D eigenvalue weighted by atomic mass is 19.1. The van der Waals surface area contributed by atoms with Gasteiger partial charge in [-0.3, -0.25) is 4.79 Å². The third kappa shape index (κ3) is 2.64. The fourth-order valence-electron chi connectivity index (χ4n) is 2.38. The summed E-state index contributed by atoms with van der Waals surface area (Å²) in [7, 11) is 0. The van der Waals surface area contributed by atoms with Gasteiger partial charge in [-0.05, 0) is 36.6 Å². The van der Waals surface area contributed by atoms with E-state index in [1.165, 1.54) is 17.7 Å². The third-order valence-corrected chi connectivity index (χ3v) is 3.45. The lowest BCUT2D eigenvalue weighted by Gasteiger charge is -2.26. The quantitative estimate of drug-likeness (QED) is 0.899. The van der Waals surface area contributed by atoms with E-state index in [4.69, 9.17) is 0 Å². The number of hydrogen-bond acceptors (Lipinski definition) is 2. The van der Waals surface area contributed by atoms with Crippen molar-refractivity contribution in [3.63, 3.8) is 0 Å². The van der Waals surface area contributed by atoms with E-state index < -0.39 is 0 Å². The largest absolute Gasteiger partial charge is 0.372 e. The molecule has 1 aliphatic rings. The van der Waals surface area contributed by atoms with E-state index in [0.29, 0.717) is 17.8 Å². The minimum Gasteiger partial charge on any atom is -0.372 e. The van der Waals surface area contributed by atoms with Crippen LogP contribution in [0.2, 0.25) is 0 Å². The normalized spacial score (nSPS) is 17.1. The fraction of sp³-hybridized carbons (Fsp3) is 0.188. The Hall–Kier alpha value is -2.36. The van der Waals surface area contributed by atoms with Crippen molar-refractivity contribution in [1.82, 2.24) is 0 Å². The van der Waals surface area contributed by atoms with Gasteiger partial charge in [-0.1, -0.05) is 30.3 Å². The van der Waals surface area contributed by atoms with Crippen molar-refractivity contribution in [2.75, 3.05) is 10.6 Å². The summed E-state index contributed by atoms with van der Waals surface area (Å²) in [5.41, 5.74) is 2.46. The SMILES string of the molecule is O=C1Nc2ccc(F)cc2NC1CCc1ccccc1. The molecule has 3 rings (SSSR count). The average Bonchev–Trinajstić information content (AvgIpc) is 2.46. The van der Waals surface area contributed by atoms with Crippen LogP contribution in [-0.4, -0.2) is 11.9 Å². The van der Waals surface area contributed by atoms with E-state index in [1.807, 2.05) is 30.3 Å². The van der Waals surface area contributed by atoms with E-state index in [0.717, 1.165) is 6.42 Å². The molecule has 4 heteroatoms. The van der Waals surface area contributed by atoms with Crippen molar-refractivity contribution in [1.29, 1.82) is 0 Å². The molecule has 0 saturated heterocycles. The van der Waals surface area contributed by atoms with Gasteiger partial charge in [0.25, 0.3) is 0 Å². The molecule has 2 N–H and O–H groups in total. The molecular formula is C16H15FN2O. The van der Waals surface area contributed by atoms with Gasteiger partial charge in [-0.15, -0.1) is 0 Å². The number of carbonyl (C=O) groups is 1. The van der Waals surface area contributed by atoms with E-state index in [2.05, 4.69) is 10.6 Å². The molecule has 1 atom stereocenters. The standard InChI is InChI=1S/C16H15FN2O/c17-12-7-9-13-15(10-12)18-14(16(20)19-13)8-6-11-4-2-1-3-5-11/h1-5,7,9-10,14,18H,6,8H2,(H,19,20). The zero-order valence-electron chi connectivity index (χ0n) is 10.9. The molecule has 0 fully saturated rings. The molecule has 0 radical (unpaired) electrons. The molecule has 0 spiro atoms. The van der Waals surface area contributed by atoms with Gasteiger partial charge >= 0.3 is 0 Å². The van der Waals surface area contributed by atoms with Gasteiger partial charge < -0.3 is 10.6 Å². The zero-order valence-corrected chi connectivity index (χ0v) is 10.9. The molecule has 0 aromatic heterocycles. The van der Waals surface area contributed by atoms with Crippen LogP contribution < -0.4 is 10.6 Å². The second-order valence-corrected chi connectivity index (χ2v) is 4.90. The molecule has 1 heterocycles. The van der Waals surface area contributed by atoms with Crippen LogP contribution in [0.15, 0.2) is 48.5 Å². The Bertz CT molecular complexity index is 628. The van der Waals surface area contributed by atoms with Crippen molar-refractivity contribution in [3.05, 3.63) is 59.9 Å². The first-order chi connectivity index (χ1) is 9.72. The van der Waals surface area contributed by atoms with Gasteiger partial charge in [-0.25, -0.2) is 4.39 Å². The molecule has 0 aliphatic carbocycles. The lowest BCUT2D eigenvalue weighted by Crippen LogP contribution is -2.39. The number of halogens is 1. The zero-order chi connectivity index (χ0) is 13.9. The first-order valence-corrected chi connectivity index (χ1v) is 6.63. The number of aryl methyl sites for hydroxylation is 1. The summed E-state index contributed by atoms with van der Waals surface area (Å²) in [5.74, 6) is -0.380. The fourth-order valence-corrected chi connectivity index (χ4v) is 2.38. The monoisotopic (exact) mass is 270 g/mol. The van der Waals surface area contributed by atoms with E-state index in [9.17, 15) is 9.18 Å². The molecule has 20 heavy (non-hydrogen) atoms. The number of fused-ring (bicyclic) bond motifs is 1. The van der Waals surface area contributed by atoms with Crippen LogP contribution in [0.4, 0.5) is 15.8 Å². The minimum absolute atomic E-state index is 0.0694. The van der Waals surface area contributed by atoms with Crippen LogP contribution in [0.25, 0.3) is 0 Å². The van der Waals surface area contributed by atoms with Gasteiger partial charge in [0.15, 0.2) is 0 Å². The first-order valence-electron chi connectivity index (χ1n) is 6.63. The lowest BCUT2D eigenvalue weighted by molar-refractivity contribution is -0.117. The maximum absolute atomic E-state index is 13.2. The number of carbonyl (C=O) groups excluding carboxylic acids is 1. The van der Waals surface area contributed by atoms with Crippen LogP contribution >= 0.6 is 0 Å². The van der Waals surface area contributed by atoms with Gasteiger partial charge in [0.2, 0.25) is 5.91 Å². The Morgan fingerprint density at radius 2 is 1.85 bits per heavy atom. The Morgan fingerprint density at radius 1 is 1.05 bits per heavy atom. The summed E-state index contributed by atoms with van der Waals surface area (Å²) in [5, 5.41) is 5.91.